The summed E-state index contributed by atoms with van der Waals surface area (Å²) < 4.78 is 7.50. The molecule has 0 spiro atoms. The van der Waals surface area contributed by atoms with Crippen LogP contribution < -0.4 is 5.73 Å². The van der Waals surface area contributed by atoms with E-state index in [1.165, 1.54) is 0 Å². The lowest BCUT2D eigenvalue weighted by Crippen LogP contribution is -2.39. The molecule has 108 valence electrons. The van der Waals surface area contributed by atoms with Crippen molar-refractivity contribution < 1.29 is 14.9 Å². The van der Waals surface area contributed by atoms with E-state index in [-0.39, 0.29) is 11.9 Å². The van der Waals surface area contributed by atoms with E-state index in [2.05, 4.69) is 9.97 Å². The lowest BCUT2D eigenvalue weighted by molar-refractivity contribution is -0.114. The lowest BCUT2D eigenvalue weighted by atomic mass is 10.0. The van der Waals surface area contributed by atoms with Gasteiger partial charge in [0.25, 0.3) is 0 Å². The summed E-state index contributed by atoms with van der Waals surface area (Å²) in [6.45, 7) is 1.40. The Morgan fingerprint density at radius 3 is 3.00 bits per heavy atom. The van der Waals surface area contributed by atoms with Gasteiger partial charge in [0.1, 0.15) is 23.3 Å². The van der Waals surface area contributed by atoms with Gasteiger partial charge in [-0.05, 0) is 24.6 Å². The number of ether oxygens (including phenoxy) is 1. The maximum Gasteiger partial charge on any atom is 0.226 e. The standard InChI is InChI=1S/C12H15ClN4O3/c1-12(5-18)7(19)4-8(20-12)17-3-2-6-9(14)15-11(13)16-10(6)17/h2-3,7-8,18-19H,4-5H2,1H3,(H2,14,15,16). The molecule has 0 amide bonds. The molecule has 2 aromatic heterocycles. The molecular weight excluding hydrogens is 284 g/mol. The van der Waals surface area contributed by atoms with Gasteiger partial charge in [0, 0.05) is 12.6 Å². The Bertz CT molecular complexity index is 661. The van der Waals surface area contributed by atoms with E-state index in [9.17, 15) is 10.2 Å². The minimum Gasteiger partial charge on any atom is -0.393 e. The van der Waals surface area contributed by atoms with Crippen molar-refractivity contribution in [1.29, 1.82) is 0 Å². The highest BCUT2D eigenvalue weighted by atomic mass is 35.5. The predicted octanol–water partition coefficient (Wildman–Crippen LogP) is 0.698. The molecule has 7 nitrogen and oxygen atoms in total. The number of rotatable bonds is 2. The largest absolute Gasteiger partial charge is 0.393 e. The molecule has 0 saturated carbocycles. The van der Waals surface area contributed by atoms with E-state index in [1.54, 1.807) is 23.8 Å². The summed E-state index contributed by atoms with van der Waals surface area (Å²) in [5.41, 5.74) is 5.36. The van der Waals surface area contributed by atoms with Gasteiger partial charge < -0.3 is 25.3 Å². The van der Waals surface area contributed by atoms with E-state index in [0.717, 1.165) is 0 Å². The highest BCUT2D eigenvalue weighted by Gasteiger charge is 2.45. The molecule has 0 aromatic carbocycles. The van der Waals surface area contributed by atoms with Gasteiger partial charge in [-0.25, -0.2) is 4.98 Å². The first-order valence-electron chi connectivity index (χ1n) is 6.21. The van der Waals surface area contributed by atoms with Crippen LogP contribution in [0.15, 0.2) is 12.3 Å². The number of aliphatic hydroxyl groups excluding tert-OH is 2. The van der Waals surface area contributed by atoms with Crippen LogP contribution in [0.25, 0.3) is 11.0 Å². The molecule has 1 saturated heterocycles. The number of aliphatic hydroxyl groups is 2. The third kappa shape index (κ3) is 1.94. The van der Waals surface area contributed by atoms with Crippen LogP contribution >= 0.6 is 11.6 Å². The molecule has 8 heteroatoms. The van der Waals surface area contributed by atoms with Gasteiger partial charge >= 0.3 is 0 Å². The van der Waals surface area contributed by atoms with Crippen molar-refractivity contribution in [3.8, 4) is 0 Å². The zero-order valence-corrected chi connectivity index (χ0v) is 11.6. The number of halogens is 1. The number of nitrogen functional groups attached to an aromatic ring is 1. The monoisotopic (exact) mass is 298 g/mol. The van der Waals surface area contributed by atoms with Crippen LogP contribution in [0.5, 0.6) is 0 Å². The van der Waals surface area contributed by atoms with E-state index < -0.39 is 17.9 Å². The summed E-state index contributed by atoms with van der Waals surface area (Å²) >= 11 is 5.83. The normalized spacial score (nSPS) is 30.2. The Kier molecular flexibility index (Phi) is 3.09. The molecule has 1 aliphatic heterocycles. The topological polar surface area (TPSA) is 106 Å². The van der Waals surface area contributed by atoms with Crippen molar-refractivity contribution in [1.82, 2.24) is 14.5 Å². The number of nitrogens with zero attached hydrogens (tertiary/aromatic N) is 3. The minimum absolute atomic E-state index is 0.0541. The zero-order chi connectivity index (χ0) is 14.5. The number of hydrogen-bond acceptors (Lipinski definition) is 6. The Hall–Kier alpha value is -1.41. The van der Waals surface area contributed by atoms with Crippen molar-refractivity contribution in [2.45, 2.75) is 31.3 Å². The van der Waals surface area contributed by atoms with Gasteiger partial charge in [0.2, 0.25) is 5.28 Å². The fourth-order valence-corrected chi connectivity index (χ4v) is 2.62. The molecule has 0 aliphatic carbocycles. The van der Waals surface area contributed by atoms with Crippen LogP contribution in [0, 0.1) is 0 Å². The van der Waals surface area contributed by atoms with Gasteiger partial charge in [0.05, 0.1) is 18.1 Å². The maximum absolute atomic E-state index is 10.0. The summed E-state index contributed by atoms with van der Waals surface area (Å²) in [6, 6.07) is 1.77. The first-order valence-corrected chi connectivity index (χ1v) is 6.59. The highest BCUT2D eigenvalue weighted by molar-refractivity contribution is 6.28. The average molecular weight is 299 g/mol. The lowest BCUT2D eigenvalue weighted by Gasteiger charge is -2.25. The second-order valence-corrected chi connectivity index (χ2v) is 5.47. The van der Waals surface area contributed by atoms with E-state index in [4.69, 9.17) is 22.1 Å². The highest BCUT2D eigenvalue weighted by Crippen LogP contribution is 2.38. The maximum atomic E-state index is 10.0. The molecule has 4 N–H and O–H groups in total. The number of fused-ring (bicyclic) bond motifs is 1. The first kappa shape index (κ1) is 13.6. The minimum atomic E-state index is -0.983. The van der Waals surface area contributed by atoms with Crippen LogP contribution in [0.3, 0.4) is 0 Å². The van der Waals surface area contributed by atoms with Crippen LogP contribution in [0.2, 0.25) is 5.28 Å². The van der Waals surface area contributed by atoms with Crippen molar-refractivity contribution in [3.05, 3.63) is 17.5 Å². The van der Waals surface area contributed by atoms with Crippen molar-refractivity contribution in [2.75, 3.05) is 12.3 Å². The van der Waals surface area contributed by atoms with Crippen LogP contribution in [0.4, 0.5) is 5.82 Å². The molecule has 1 fully saturated rings. The quantitative estimate of drug-likeness (QED) is 0.705. The summed E-state index contributed by atoms with van der Waals surface area (Å²) in [4.78, 5) is 8.04. The smallest absolute Gasteiger partial charge is 0.226 e. The summed E-state index contributed by atoms with van der Waals surface area (Å²) in [5.74, 6) is 0.294. The number of anilines is 1. The third-order valence-electron chi connectivity index (χ3n) is 3.73. The van der Waals surface area contributed by atoms with Crippen molar-refractivity contribution in [3.63, 3.8) is 0 Å². The Balaban J connectivity index is 2.04. The number of hydrogen-bond donors (Lipinski definition) is 3. The SMILES string of the molecule is CC1(CO)OC(n2ccc3c(N)nc(Cl)nc32)CC1O. The van der Waals surface area contributed by atoms with Gasteiger partial charge in [0.15, 0.2) is 0 Å². The first-order chi connectivity index (χ1) is 9.44. The predicted molar refractivity (Wildman–Crippen MR) is 73.2 cm³/mol. The fourth-order valence-electron chi connectivity index (χ4n) is 2.45. The molecular formula is C12H15ClN4O3. The summed E-state index contributed by atoms with van der Waals surface area (Å²) in [6.07, 6.45) is 0.907. The summed E-state index contributed by atoms with van der Waals surface area (Å²) in [5, 5.41) is 20.1. The van der Waals surface area contributed by atoms with Crippen LogP contribution in [0.1, 0.15) is 19.6 Å². The molecule has 20 heavy (non-hydrogen) atoms. The van der Waals surface area contributed by atoms with Gasteiger partial charge in [-0.3, -0.25) is 0 Å². The molecule has 3 atom stereocenters. The third-order valence-corrected chi connectivity index (χ3v) is 3.90. The summed E-state index contributed by atoms with van der Waals surface area (Å²) in [7, 11) is 0. The van der Waals surface area contributed by atoms with Crippen molar-refractivity contribution >= 4 is 28.5 Å². The van der Waals surface area contributed by atoms with Gasteiger partial charge in [-0.2, -0.15) is 4.98 Å². The number of nitrogens with two attached hydrogens (primary N) is 1. The second kappa shape index (κ2) is 4.56. The molecule has 2 aromatic rings. The molecule has 0 radical (unpaired) electrons. The Morgan fingerprint density at radius 2 is 2.35 bits per heavy atom. The van der Waals surface area contributed by atoms with Crippen molar-refractivity contribution in [2.24, 2.45) is 0 Å². The molecule has 3 rings (SSSR count). The average Bonchev–Trinajstić information content (AvgIpc) is 2.92. The van der Waals surface area contributed by atoms with Gasteiger partial charge in [-0.1, -0.05) is 0 Å². The second-order valence-electron chi connectivity index (χ2n) is 5.13. The molecule has 3 heterocycles. The van der Waals surface area contributed by atoms with E-state index in [1.807, 2.05) is 0 Å². The van der Waals surface area contributed by atoms with Crippen LogP contribution in [-0.2, 0) is 4.74 Å². The molecule has 3 unspecified atom stereocenters. The fraction of sp³-hybridized carbons (Fsp3) is 0.500. The van der Waals surface area contributed by atoms with Gasteiger partial charge in [-0.15, -0.1) is 0 Å². The molecule has 1 aliphatic rings. The van der Waals surface area contributed by atoms with E-state index >= 15 is 0 Å². The number of aromatic nitrogens is 3. The zero-order valence-electron chi connectivity index (χ0n) is 10.8. The Morgan fingerprint density at radius 1 is 1.60 bits per heavy atom. The van der Waals surface area contributed by atoms with Crippen LogP contribution in [-0.4, -0.2) is 43.1 Å². The molecule has 0 bridgehead atoms. The Labute approximate surface area is 120 Å². The van der Waals surface area contributed by atoms with E-state index in [0.29, 0.717) is 23.3 Å².